The molecule has 0 spiro atoms. The number of ether oxygens (including phenoxy) is 1. The van der Waals surface area contributed by atoms with Crippen molar-refractivity contribution in [3.8, 4) is 23.1 Å². The molecule has 0 amide bonds. The van der Waals surface area contributed by atoms with Crippen LogP contribution in [0.3, 0.4) is 0 Å². The Labute approximate surface area is 183 Å². The lowest BCUT2D eigenvalue weighted by atomic mass is 10.1. The second-order valence-electron chi connectivity index (χ2n) is 7.95. The molecule has 0 saturated carbocycles. The number of aliphatic hydroxyl groups excluding tert-OH is 1. The molecule has 0 radical (unpaired) electrons. The average molecular weight is 431 g/mol. The van der Waals surface area contributed by atoms with Gasteiger partial charge in [0.2, 0.25) is 0 Å². The predicted octanol–water partition coefficient (Wildman–Crippen LogP) is 1.70. The number of rotatable bonds is 5. The molecule has 4 aromatic rings. The highest BCUT2D eigenvalue weighted by Crippen LogP contribution is 2.30. The van der Waals surface area contributed by atoms with Gasteiger partial charge in [0.15, 0.2) is 11.5 Å². The number of nitrogens with zero attached hydrogens (tertiary/aromatic N) is 8. The SMILES string of the molecule is CC(C)Nc1cc(-n2ncc3cc(C#N)cnc32)ncc1-c1cn([C@@H]2COC[C@H]2O)nn1. The summed E-state index contributed by atoms with van der Waals surface area (Å²) in [5, 5.41) is 36.3. The van der Waals surface area contributed by atoms with E-state index in [-0.39, 0.29) is 18.7 Å². The van der Waals surface area contributed by atoms with Crippen molar-refractivity contribution in [3.05, 3.63) is 42.5 Å². The topological polar surface area (TPSA) is 140 Å². The van der Waals surface area contributed by atoms with E-state index in [4.69, 9.17) is 10.00 Å². The molecule has 1 aliphatic rings. The van der Waals surface area contributed by atoms with Crippen molar-refractivity contribution in [2.75, 3.05) is 18.5 Å². The molecule has 4 aromatic heterocycles. The first-order valence-electron chi connectivity index (χ1n) is 10.2. The van der Waals surface area contributed by atoms with E-state index in [9.17, 15) is 5.11 Å². The van der Waals surface area contributed by atoms with Gasteiger partial charge in [-0.1, -0.05) is 5.21 Å². The zero-order valence-electron chi connectivity index (χ0n) is 17.5. The number of aliphatic hydroxyl groups is 1. The summed E-state index contributed by atoms with van der Waals surface area (Å²) >= 11 is 0. The van der Waals surface area contributed by atoms with E-state index in [0.717, 1.165) is 16.6 Å². The van der Waals surface area contributed by atoms with Gasteiger partial charge in [-0.15, -0.1) is 5.10 Å². The first-order chi connectivity index (χ1) is 15.5. The number of anilines is 1. The van der Waals surface area contributed by atoms with Gasteiger partial charge in [0, 0.05) is 41.1 Å². The summed E-state index contributed by atoms with van der Waals surface area (Å²) in [5.41, 5.74) is 3.31. The van der Waals surface area contributed by atoms with Crippen LogP contribution in [0.5, 0.6) is 0 Å². The van der Waals surface area contributed by atoms with Crippen LogP contribution in [0, 0.1) is 11.3 Å². The van der Waals surface area contributed by atoms with Gasteiger partial charge in [-0.2, -0.15) is 15.0 Å². The maximum atomic E-state index is 10.1. The fourth-order valence-corrected chi connectivity index (χ4v) is 3.69. The number of aromatic nitrogens is 7. The predicted molar refractivity (Wildman–Crippen MR) is 115 cm³/mol. The lowest BCUT2D eigenvalue weighted by Gasteiger charge is -2.15. The molecule has 0 unspecified atom stereocenters. The minimum atomic E-state index is -0.611. The van der Waals surface area contributed by atoms with Crippen molar-refractivity contribution in [1.29, 1.82) is 5.26 Å². The lowest BCUT2D eigenvalue weighted by Crippen LogP contribution is -2.22. The summed E-state index contributed by atoms with van der Waals surface area (Å²) in [6.45, 7) is 4.77. The first kappa shape index (κ1) is 20.0. The maximum Gasteiger partial charge on any atom is 0.164 e. The monoisotopic (exact) mass is 431 g/mol. The largest absolute Gasteiger partial charge is 0.388 e. The van der Waals surface area contributed by atoms with Crippen molar-refractivity contribution in [2.24, 2.45) is 0 Å². The summed E-state index contributed by atoms with van der Waals surface area (Å²) in [7, 11) is 0. The first-order valence-corrected chi connectivity index (χ1v) is 10.2. The Morgan fingerprint density at radius 2 is 2.09 bits per heavy atom. The van der Waals surface area contributed by atoms with Gasteiger partial charge >= 0.3 is 0 Å². The molecule has 5 rings (SSSR count). The van der Waals surface area contributed by atoms with Crippen LogP contribution in [0.25, 0.3) is 28.1 Å². The molecule has 162 valence electrons. The molecule has 1 saturated heterocycles. The van der Waals surface area contributed by atoms with Crippen molar-refractivity contribution in [1.82, 2.24) is 34.7 Å². The van der Waals surface area contributed by atoms with Crippen molar-refractivity contribution in [2.45, 2.75) is 32.0 Å². The number of nitriles is 1. The Morgan fingerprint density at radius 3 is 2.84 bits per heavy atom. The maximum absolute atomic E-state index is 10.1. The third kappa shape index (κ3) is 3.55. The molecule has 1 aliphatic heterocycles. The van der Waals surface area contributed by atoms with Crippen LogP contribution in [0.2, 0.25) is 0 Å². The average Bonchev–Trinajstić information content (AvgIpc) is 3.52. The van der Waals surface area contributed by atoms with E-state index in [1.54, 1.807) is 34.0 Å². The van der Waals surface area contributed by atoms with Crippen LogP contribution >= 0.6 is 0 Å². The summed E-state index contributed by atoms with van der Waals surface area (Å²) in [6.07, 6.45) is 6.07. The Hall–Kier alpha value is -3.88. The number of hydrogen-bond acceptors (Lipinski definition) is 9. The van der Waals surface area contributed by atoms with Gasteiger partial charge in [-0.25, -0.2) is 14.6 Å². The highest BCUT2D eigenvalue weighted by molar-refractivity contribution is 5.79. The Bertz CT molecular complexity index is 1320. The smallest absolute Gasteiger partial charge is 0.164 e. The lowest BCUT2D eigenvalue weighted by molar-refractivity contribution is 0.117. The normalized spacial score (nSPS) is 18.3. The van der Waals surface area contributed by atoms with Crippen molar-refractivity contribution < 1.29 is 9.84 Å². The Morgan fingerprint density at radius 1 is 1.22 bits per heavy atom. The summed E-state index contributed by atoms with van der Waals surface area (Å²) < 4.78 is 8.60. The molecular formula is C21H21N9O2. The molecule has 11 heteroatoms. The van der Waals surface area contributed by atoms with E-state index in [2.05, 4.69) is 36.8 Å². The third-order valence-electron chi connectivity index (χ3n) is 5.24. The zero-order chi connectivity index (χ0) is 22.2. The van der Waals surface area contributed by atoms with Crippen molar-refractivity contribution in [3.63, 3.8) is 0 Å². The van der Waals surface area contributed by atoms with Gasteiger partial charge in [-0.05, 0) is 19.9 Å². The van der Waals surface area contributed by atoms with Crippen LogP contribution in [0.1, 0.15) is 25.5 Å². The number of hydrogen-bond donors (Lipinski definition) is 2. The summed E-state index contributed by atoms with van der Waals surface area (Å²) in [5.74, 6) is 0.580. The highest BCUT2D eigenvalue weighted by Gasteiger charge is 2.29. The minimum absolute atomic E-state index is 0.162. The Kier molecular flexibility index (Phi) is 5.01. The number of fused-ring (bicyclic) bond motifs is 1. The molecule has 5 heterocycles. The fourth-order valence-electron chi connectivity index (χ4n) is 3.69. The van der Waals surface area contributed by atoms with E-state index in [1.807, 2.05) is 19.9 Å². The van der Waals surface area contributed by atoms with Gasteiger partial charge in [-0.3, -0.25) is 0 Å². The molecule has 0 bridgehead atoms. The van der Waals surface area contributed by atoms with E-state index in [1.165, 1.54) is 6.20 Å². The molecule has 32 heavy (non-hydrogen) atoms. The summed E-state index contributed by atoms with van der Waals surface area (Å²) in [4.78, 5) is 8.95. The van der Waals surface area contributed by atoms with Gasteiger partial charge in [0.25, 0.3) is 0 Å². The molecular weight excluding hydrogens is 410 g/mol. The minimum Gasteiger partial charge on any atom is -0.388 e. The second kappa shape index (κ2) is 7.99. The molecule has 11 nitrogen and oxygen atoms in total. The van der Waals surface area contributed by atoms with Gasteiger partial charge in [0.05, 0.1) is 31.2 Å². The number of pyridine rings is 2. The quantitative estimate of drug-likeness (QED) is 0.483. The third-order valence-corrected chi connectivity index (χ3v) is 5.24. The molecule has 0 aromatic carbocycles. The molecule has 1 fully saturated rings. The van der Waals surface area contributed by atoms with Crippen molar-refractivity contribution >= 4 is 16.7 Å². The molecule has 0 aliphatic carbocycles. The van der Waals surface area contributed by atoms with Crippen LogP contribution in [-0.2, 0) is 4.74 Å². The van der Waals surface area contributed by atoms with Crippen LogP contribution < -0.4 is 5.32 Å². The summed E-state index contributed by atoms with van der Waals surface area (Å²) in [6, 6.07) is 5.61. The van der Waals surface area contributed by atoms with Crippen LogP contribution in [0.4, 0.5) is 5.69 Å². The van der Waals surface area contributed by atoms with E-state index < -0.39 is 6.10 Å². The zero-order valence-corrected chi connectivity index (χ0v) is 17.5. The van der Waals surface area contributed by atoms with Crippen LogP contribution in [-0.4, -0.2) is 65.2 Å². The second-order valence-corrected chi connectivity index (χ2v) is 7.95. The van der Waals surface area contributed by atoms with Crippen LogP contribution in [0.15, 0.2) is 36.9 Å². The standard InChI is InChI=1S/C21H21N9O2/c1-12(2)26-16-4-20(30-21-14(7-25-30)3-13(5-22)6-24-21)23-8-15(16)17-9-29(28-27-17)18-10-32-11-19(18)31/h3-4,6-9,12,18-19,31H,10-11H2,1-2H3,(H,23,26)/t18-,19-/m1/s1. The van der Waals surface area contributed by atoms with E-state index in [0.29, 0.717) is 29.3 Å². The van der Waals surface area contributed by atoms with Gasteiger partial charge in [0.1, 0.15) is 23.9 Å². The number of nitrogens with one attached hydrogen (secondary N) is 1. The Balaban J connectivity index is 1.54. The molecule has 2 atom stereocenters. The highest BCUT2D eigenvalue weighted by atomic mass is 16.5. The van der Waals surface area contributed by atoms with E-state index >= 15 is 0 Å². The molecule has 2 N–H and O–H groups in total. The van der Waals surface area contributed by atoms with Gasteiger partial charge < -0.3 is 15.2 Å². The fraction of sp³-hybridized carbons (Fsp3) is 0.333.